The van der Waals surface area contributed by atoms with Gasteiger partial charge in [0.15, 0.2) is 0 Å². The van der Waals surface area contributed by atoms with Crippen molar-refractivity contribution in [2.45, 2.75) is 44.2 Å². The van der Waals surface area contributed by atoms with Gasteiger partial charge in [-0.2, -0.15) is 4.98 Å². The molecule has 1 aromatic heterocycles. The molecular weight excluding hydrogens is 546 g/mol. The van der Waals surface area contributed by atoms with Gasteiger partial charge in [-0.05, 0) is 65.9 Å². The quantitative estimate of drug-likeness (QED) is 0.259. The van der Waals surface area contributed by atoms with Gasteiger partial charge in [-0.25, -0.2) is 4.98 Å². The number of hydrogen-bond acceptors (Lipinski definition) is 11. The van der Waals surface area contributed by atoms with Gasteiger partial charge in [0.1, 0.15) is 30.0 Å². The third kappa shape index (κ3) is 9.87. The standard InChI is InChI=1S/C24H36ClN7O2.C3H4O.C2H4O/c1-26-18-12-19(21(33-5)13-20(18)32-10-6-16(7-11-32)31(3)4)29-23-28-14-17(25)22(30-23)34-15-24(27-2)8-9-24;1-2-3-4;1-2-3/h12-14,16,26-27H,6-11,15H2,1-5H3,(H,28,29,30);2-3H,1H2;2H,1H3. The van der Waals surface area contributed by atoms with E-state index in [1.165, 1.54) is 13.0 Å². The van der Waals surface area contributed by atoms with Gasteiger partial charge in [0.05, 0.1) is 35.9 Å². The Kier molecular flexibility index (Phi) is 13.8. The third-order valence-electron chi connectivity index (χ3n) is 7.05. The molecule has 0 unspecified atom stereocenters. The van der Waals surface area contributed by atoms with E-state index in [1.807, 2.05) is 20.2 Å². The summed E-state index contributed by atoms with van der Waals surface area (Å²) in [5.41, 5.74) is 2.94. The second kappa shape index (κ2) is 16.8. The number of halogens is 1. The fourth-order valence-corrected chi connectivity index (χ4v) is 4.52. The number of likely N-dealkylation sites (N-methyl/N-ethyl adjacent to an activating group) is 1. The molecule has 0 amide bonds. The van der Waals surface area contributed by atoms with Crippen LogP contribution in [0.25, 0.3) is 0 Å². The lowest BCUT2D eigenvalue weighted by Crippen LogP contribution is -2.42. The Morgan fingerprint density at radius 3 is 2.32 bits per heavy atom. The Bertz CT molecular complexity index is 1130. The SMILES string of the molecule is C=CC=O.CC=O.CNc1cc(Nc2ncc(Cl)c(OCC3(NC)CC3)n2)c(OC)cc1N1CCC(N(C)C)CC1. The molecule has 2 aromatic rings. The Morgan fingerprint density at radius 2 is 1.83 bits per heavy atom. The first kappa shape index (κ1) is 33.8. The van der Waals surface area contributed by atoms with E-state index in [-0.39, 0.29) is 5.54 Å². The number of methoxy groups -OCH3 is 1. The number of rotatable bonds is 11. The number of aromatic nitrogens is 2. The summed E-state index contributed by atoms with van der Waals surface area (Å²) in [7, 11) is 9.86. The van der Waals surface area contributed by atoms with Gasteiger partial charge in [0, 0.05) is 32.2 Å². The van der Waals surface area contributed by atoms with Crippen molar-refractivity contribution in [2.24, 2.45) is 0 Å². The van der Waals surface area contributed by atoms with Crippen molar-refractivity contribution >= 4 is 47.2 Å². The van der Waals surface area contributed by atoms with Crippen molar-refractivity contribution in [1.82, 2.24) is 20.2 Å². The summed E-state index contributed by atoms with van der Waals surface area (Å²) >= 11 is 6.29. The Balaban J connectivity index is 0.000000759. The fourth-order valence-electron chi connectivity index (χ4n) is 4.38. The van der Waals surface area contributed by atoms with Crippen LogP contribution in [0.5, 0.6) is 11.6 Å². The van der Waals surface area contributed by atoms with E-state index in [1.54, 1.807) is 13.3 Å². The van der Waals surface area contributed by atoms with E-state index in [0.29, 0.717) is 35.8 Å². The van der Waals surface area contributed by atoms with Crippen LogP contribution in [0.15, 0.2) is 31.0 Å². The summed E-state index contributed by atoms with van der Waals surface area (Å²) in [6.07, 6.45) is 8.57. The predicted octanol–water partition coefficient (Wildman–Crippen LogP) is 4.16. The van der Waals surface area contributed by atoms with Crippen LogP contribution in [0.3, 0.4) is 0 Å². The van der Waals surface area contributed by atoms with Crippen molar-refractivity contribution in [3.63, 3.8) is 0 Å². The molecule has 1 saturated carbocycles. The van der Waals surface area contributed by atoms with Gasteiger partial charge in [0.25, 0.3) is 0 Å². The number of allylic oxidation sites excluding steroid dienone is 1. The van der Waals surface area contributed by atoms with E-state index in [4.69, 9.17) is 30.7 Å². The van der Waals surface area contributed by atoms with Gasteiger partial charge < -0.3 is 40.0 Å². The minimum Gasteiger partial charge on any atom is -0.494 e. The largest absolute Gasteiger partial charge is 0.494 e. The molecule has 0 atom stereocenters. The number of ether oxygens (including phenoxy) is 2. The molecule has 1 aliphatic carbocycles. The third-order valence-corrected chi connectivity index (χ3v) is 7.31. The molecule has 3 N–H and O–H groups in total. The summed E-state index contributed by atoms with van der Waals surface area (Å²) in [5, 5.41) is 10.3. The number of anilines is 4. The highest BCUT2D eigenvalue weighted by Gasteiger charge is 2.42. The number of carbonyl (C=O) groups excluding carboxylic acids is 2. The molecule has 2 aliphatic rings. The maximum atomic E-state index is 9.06. The van der Waals surface area contributed by atoms with Crippen molar-refractivity contribution in [3.05, 3.63) is 36.0 Å². The van der Waals surface area contributed by atoms with E-state index >= 15 is 0 Å². The highest BCUT2D eigenvalue weighted by atomic mass is 35.5. The number of nitrogens with one attached hydrogen (secondary N) is 3. The van der Waals surface area contributed by atoms with E-state index < -0.39 is 0 Å². The van der Waals surface area contributed by atoms with Crippen LogP contribution in [0.1, 0.15) is 32.6 Å². The first-order valence-corrected chi connectivity index (χ1v) is 14.0. The molecule has 226 valence electrons. The van der Waals surface area contributed by atoms with Crippen molar-refractivity contribution < 1.29 is 19.1 Å². The first-order valence-electron chi connectivity index (χ1n) is 13.6. The summed E-state index contributed by atoms with van der Waals surface area (Å²) in [5.74, 6) is 1.49. The molecular formula is C29H44ClN7O4. The normalized spacial score (nSPS) is 15.4. The first-order chi connectivity index (χ1) is 19.7. The lowest BCUT2D eigenvalue weighted by molar-refractivity contribution is -0.106. The monoisotopic (exact) mass is 589 g/mol. The van der Waals surface area contributed by atoms with Crippen molar-refractivity contribution in [2.75, 3.05) is 70.5 Å². The van der Waals surface area contributed by atoms with Crippen molar-refractivity contribution in [1.29, 1.82) is 0 Å². The van der Waals surface area contributed by atoms with Crippen LogP contribution >= 0.6 is 11.6 Å². The second-order valence-corrected chi connectivity index (χ2v) is 10.3. The zero-order valence-corrected chi connectivity index (χ0v) is 25.8. The Hall–Kier alpha value is -3.41. The molecule has 1 aromatic carbocycles. The van der Waals surface area contributed by atoms with Crippen LogP contribution in [0, 0.1) is 0 Å². The van der Waals surface area contributed by atoms with Gasteiger partial charge in [0.2, 0.25) is 11.8 Å². The molecule has 0 radical (unpaired) electrons. The molecule has 1 saturated heterocycles. The Labute approximate surface area is 248 Å². The highest BCUT2D eigenvalue weighted by molar-refractivity contribution is 6.31. The van der Waals surface area contributed by atoms with Gasteiger partial charge in [-0.1, -0.05) is 18.2 Å². The minimum absolute atomic E-state index is 0.0314. The lowest BCUT2D eigenvalue weighted by Gasteiger charge is -2.37. The maximum Gasteiger partial charge on any atom is 0.237 e. The summed E-state index contributed by atoms with van der Waals surface area (Å²) in [6, 6.07) is 4.73. The van der Waals surface area contributed by atoms with E-state index in [2.05, 4.69) is 62.5 Å². The van der Waals surface area contributed by atoms with Crippen molar-refractivity contribution in [3.8, 4) is 11.6 Å². The van der Waals surface area contributed by atoms with E-state index in [0.717, 1.165) is 67.9 Å². The molecule has 41 heavy (non-hydrogen) atoms. The number of piperidine rings is 1. The zero-order valence-electron chi connectivity index (χ0n) is 25.0. The molecule has 2 heterocycles. The van der Waals surface area contributed by atoms with E-state index in [9.17, 15) is 0 Å². The number of aldehydes is 2. The second-order valence-electron chi connectivity index (χ2n) is 9.90. The molecule has 11 nitrogen and oxygen atoms in total. The molecule has 1 aliphatic heterocycles. The van der Waals surface area contributed by atoms with Gasteiger partial charge >= 0.3 is 0 Å². The smallest absolute Gasteiger partial charge is 0.237 e. The summed E-state index contributed by atoms with van der Waals surface area (Å²) in [4.78, 5) is 31.4. The molecule has 0 spiro atoms. The fraction of sp³-hybridized carbons (Fsp3) is 0.517. The average molecular weight is 590 g/mol. The maximum absolute atomic E-state index is 9.06. The van der Waals surface area contributed by atoms with Crippen LogP contribution in [-0.2, 0) is 9.59 Å². The number of carbonyl (C=O) groups is 2. The summed E-state index contributed by atoms with van der Waals surface area (Å²) < 4.78 is 11.6. The molecule has 0 bridgehead atoms. The number of benzene rings is 1. The van der Waals surface area contributed by atoms with Crippen LogP contribution in [-0.4, -0.2) is 94.0 Å². The number of nitrogens with zero attached hydrogens (tertiary/aromatic N) is 4. The van der Waals surface area contributed by atoms with Gasteiger partial charge in [-0.3, -0.25) is 4.79 Å². The average Bonchev–Trinajstić information content (AvgIpc) is 3.78. The zero-order chi connectivity index (χ0) is 30.4. The Morgan fingerprint density at radius 1 is 1.20 bits per heavy atom. The molecule has 2 fully saturated rings. The van der Waals surface area contributed by atoms with Crippen LogP contribution in [0.4, 0.5) is 23.0 Å². The van der Waals surface area contributed by atoms with Crippen LogP contribution in [0.2, 0.25) is 5.02 Å². The highest BCUT2D eigenvalue weighted by Crippen LogP contribution is 2.40. The molecule has 4 rings (SSSR count). The summed E-state index contributed by atoms with van der Waals surface area (Å²) in [6.45, 7) is 7.08. The predicted molar refractivity (Wildman–Crippen MR) is 166 cm³/mol. The number of hydrogen-bond donors (Lipinski definition) is 3. The van der Waals surface area contributed by atoms with Crippen LogP contribution < -0.4 is 30.3 Å². The topological polar surface area (TPSA) is 121 Å². The molecule has 12 heteroatoms. The van der Waals surface area contributed by atoms with Gasteiger partial charge in [-0.15, -0.1) is 0 Å². The minimum atomic E-state index is 0.0314. The lowest BCUT2D eigenvalue weighted by atomic mass is 10.0.